The summed E-state index contributed by atoms with van der Waals surface area (Å²) in [6.45, 7) is 4.17. The van der Waals surface area contributed by atoms with Crippen molar-refractivity contribution in [1.29, 1.82) is 0 Å². The molecule has 4 heteroatoms. The number of aromatic nitrogens is 1. The molecule has 1 heterocycles. The van der Waals surface area contributed by atoms with Crippen molar-refractivity contribution >= 4 is 17.6 Å². The molecule has 0 saturated carbocycles. The van der Waals surface area contributed by atoms with Gasteiger partial charge in [-0.1, -0.05) is 6.92 Å². The first-order valence-corrected chi connectivity index (χ1v) is 5.36. The van der Waals surface area contributed by atoms with Crippen LogP contribution in [0.1, 0.15) is 6.92 Å². The Labute approximate surface area is 83.1 Å². The Kier molecular flexibility index (Phi) is 4.64. The summed E-state index contributed by atoms with van der Waals surface area (Å²) >= 11 is 1.79. The summed E-state index contributed by atoms with van der Waals surface area (Å²) in [5.74, 6) is 1.65. The van der Waals surface area contributed by atoms with E-state index in [-0.39, 0.29) is 0 Å². The summed E-state index contributed by atoms with van der Waals surface area (Å²) in [7, 11) is 0. The predicted octanol–water partition coefficient (Wildman–Crippen LogP) is 1.37. The lowest BCUT2D eigenvalue weighted by Gasteiger charge is -2.01. The Bertz CT molecular complexity index is 235. The molecule has 0 fully saturated rings. The van der Waals surface area contributed by atoms with Crippen molar-refractivity contribution in [3.05, 3.63) is 18.3 Å². The number of pyridine rings is 1. The molecule has 1 rings (SSSR count). The van der Waals surface area contributed by atoms with Gasteiger partial charge in [0.25, 0.3) is 0 Å². The van der Waals surface area contributed by atoms with E-state index in [1.165, 1.54) is 4.90 Å². The highest BCUT2D eigenvalue weighted by atomic mass is 32.2. The molecule has 13 heavy (non-hydrogen) atoms. The van der Waals surface area contributed by atoms with Crippen LogP contribution < -0.4 is 11.1 Å². The summed E-state index contributed by atoms with van der Waals surface area (Å²) < 4.78 is 0. The molecule has 3 N–H and O–H groups in total. The van der Waals surface area contributed by atoms with E-state index in [1.54, 1.807) is 11.8 Å². The zero-order chi connectivity index (χ0) is 9.52. The third kappa shape index (κ3) is 4.15. The number of nitrogens with one attached hydrogen (secondary N) is 1. The number of nitrogens with two attached hydrogens (primary N) is 1. The monoisotopic (exact) mass is 197 g/mol. The molecule has 0 atom stereocenters. The minimum absolute atomic E-state index is 0.580. The molecule has 0 aliphatic carbocycles. The van der Waals surface area contributed by atoms with Crippen molar-refractivity contribution in [2.75, 3.05) is 24.6 Å². The van der Waals surface area contributed by atoms with Crippen LogP contribution in [0.3, 0.4) is 0 Å². The van der Waals surface area contributed by atoms with Gasteiger partial charge in [-0.2, -0.15) is 0 Å². The Hall–Kier alpha value is -0.740. The SMILES string of the molecule is CCNCCSc1ccc(N)nc1. The maximum atomic E-state index is 5.47. The molecule has 0 bridgehead atoms. The maximum absolute atomic E-state index is 5.47. The van der Waals surface area contributed by atoms with Crippen LogP contribution in [-0.2, 0) is 0 Å². The normalized spacial score (nSPS) is 10.2. The molecular formula is C9H15N3S. The number of nitrogens with zero attached hydrogens (tertiary/aromatic N) is 1. The zero-order valence-corrected chi connectivity index (χ0v) is 8.60. The van der Waals surface area contributed by atoms with Gasteiger partial charge in [0.1, 0.15) is 5.82 Å². The van der Waals surface area contributed by atoms with Crippen LogP contribution in [0.2, 0.25) is 0 Å². The standard InChI is InChI=1S/C9H15N3S/c1-2-11-5-6-13-8-3-4-9(10)12-7-8/h3-4,7,11H,2,5-6H2,1H3,(H2,10,12). The van der Waals surface area contributed by atoms with E-state index in [1.807, 2.05) is 18.3 Å². The number of thioether (sulfide) groups is 1. The van der Waals surface area contributed by atoms with Gasteiger partial charge in [0.15, 0.2) is 0 Å². The minimum atomic E-state index is 0.580. The molecule has 0 unspecified atom stereocenters. The fourth-order valence-electron chi connectivity index (χ4n) is 0.895. The summed E-state index contributed by atoms with van der Waals surface area (Å²) in [5.41, 5.74) is 5.47. The average Bonchev–Trinajstić information content (AvgIpc) is 2.15. The Morgan fingerprint density at radius 2 is 2.38 bits per heavy atom. The van der Waals surface area contributed by atoms with Gasteiger partial charge in [-0.3, -0.25) is 0 Å². The number of nitrogen functional groups attached to an aromatic ring is 1. The number of anilines is 1. The van der Waals surface area contributed by atoms with Crippen LogP contribution >= 0.6 is 11.8 Å². The molecule has 3 nitrogen and oxygen atoms in total. The van der Waals surface area contributed by atoms with E-state index in [9.17, 15) is 0 Å². The third-order valence-corrected chi connectivity index (χ3v) is 2.54. The second-order valence-electron chi connectivity index (χ2n) is 2.62. The largest absolute Gasteiger partial charge is 0.384 e. The van der Waals surface area contributed by atoms with Crippen molar-refractivity contribution in [2.45, 2.75) is 11.8 Å². The molecule has 72 valence electrons. The average molecular weight is 197 g/mol. The molecule has 1 aromatic rings. The van der Waals surface area contributed by atoms with E-state index in [0.29, 0.717) is 5.82 Å². The van der Waals surface area contributed by atoms with Crippen molar-refractivity contribution in [1.82, 2.24) is 10.3 Å². The van der Waals surface area contributed by atoms with Crippen LogP contribution in [0.4, 0.5) is 5.82 Å². The Morgan fingerprint density at radius 1 is 1.54 bits per heavy atom. The lowest BCUT2D eigenvalue weighted by Crippen LogP contribution is -2.15. The van der Waals surface area contributed by atoms with Gasteiger partial charge in [0.05, 0.1) is 0 Å². The lowest BCUT2D eigenvalue weighted by atomic mass is 10.5. The highest BCUT2D eigenvalue weighted by molar-refractivity contribution is 7.99. The quantitative estimate of drug-likeness (QED) is 0.553. The van der Waals surface area contributed by atoms with Crippen LogP contribution in [0.5, 0.6) is 0 Å². The smallest absolute Gasteiger partial charge is 0.123 e. The highest BCUT2D eigenvalue weighted by Crippen LogP contribution is 2.16. The van der Waals surface area contributed by atoms with Gasteiger partial charge >= 0.3 is 0 Å². The van der Waals surface area contributed by atoms with Crippen molar-refractivity contribution in [2.24, 2.45) is 0 Å². The van der Waals surface area contributed by atoms with E-state index in [0.717, 1.165) is 18.8 Å². The van der Waals surface area contributed by atoms with Gasteiger partial charge in [0, 0.05) is 23.4 Å². The van der Waals surface area contributed by atoms with E-state index < -0.39 is 0 Å². The number of hydrogen-bond acceptors (Lipinski definition) is 4. The molecule has 0 radical (unpaired) electrons. The Balaban J connectivity index is 2.25. The number of rotatable bonds is 5. The van der Waals surface area contributed by atoms with Gasteiger partial charge in [0.2, 0.25) is 0 Å². The summed E-state index contributed by atoms with van der Waals surface area (Å²) in [6.07, 6.45) is 1.81. The summed E-state index contributed by atoms with van der Waals surface area (Å²) in [6, 6.07) is 3.83. The Morgan fingerprint density at radius 3 is 3.00 bits per heavy atom. The van der Waals surface area contributed by atoms with Crippen molar-refractivity contribution < 1.29 is 0 Å². The molecule has 0 amide bonds. The fourth-order valence-corrected chi connectivity index (χ4v) is 1.67. The van der Waals surface area contributed by atoms with E-state index >= 15 is 0 Å². The molecule has 0 saturated heterocycles. The van der Waals surface area contributed by atoms with Gasteiger partial charge < -0.3 is 11.1 Å². The second-order valence-corrected chi connectivity index (χ2v) is 3.79. The van der Waals surface area contributed by atoms with Gasteiger partial charge in [-0.25, -0.2) is 4.98 Å². The highest BCUT2D eigenvalue weighted by Gasteiger charge is 1.93. The summed E-state index contributed by atoms with van der Waals surface area (Å²) in [5, 5.41) is 3.26. The third-order valence-electron chi connectivity index (χ3n) is 1.56. The molecule has 0 aliphatic rings. The first kappa shape index (κ1) is 10.3. The van der Waals surface area contributed by atoms with Crippen LogP contribution in [0.15, 0.2) is 23.2 Å². The molecule has 0 aliphatic heterocycles. The van der Waals surface area contributed by atoms with Crippen LogP contribution in [0, 0.1) is 0 Å². The van der Waals surface area contributed by atoms with Crippen LogP contribution in [0.25, 0.3) is 0 Å². The molecule has 0 aromatic carbocycles. The number of hydrogen-bond donors (Lipinski definition) is 2. The topological polar surface area (TPSA) is 50.9 Å². The predicted molar refractivity (Wildman–Crippen MR) is 57.9 cm³/mol. The first-order chi connectivity index (χ1) is 6.33. The van der Waals surface area contributed by atoms with Gasteiger partial charge in [-0.15, -0.1) is 11.8 Å². The molecule has 1 aromatic heterocycles. The molecular weight excluding hydrogens is 182 g/mol. The first-order valence-electron chi connectivity index (χ1n) is 4.38. The van der Waals surface area contributed by atoms with Crippen molar-refractivity contribution in [3.63, 3.8) is 0 Å². The maximum Gasteiger partial charge on any atom is 0.123 e. The zero-order valence-electron chi connectivity index (χ0n) is 7.79. The second kappa shape index (κ2) is 5.83. The van der Waals surface area contributed by atoms with Crippen molar-refractivity contribution in [3.8, 4) is 0 Å². The van der Waals surface area contributed by atoms with E-state index in [2.05, 4.69) is 17.2 Å². The lowest BCUT2D eigenvalue weighted by molar-refractivity contribution is 0.768. The molecule has 0 spiro atoms. The van der Waals surface area contributed by atoms with E-state index in [4.69, 9.17) is 5.73 Å². The van der Waals surface area contributed by atoms with Gasteiger partial charge in [-0.05, 0) is 18.7 Å². The minimum Gasteiger partial charge on any atom is -0.384 e. The van der Waals surface area contributed by atoms with Crippen LogP contribution in [-0.4, -0.2) is 23.8 Å². The fraction of sp³-hybridized carbons (Fsp3) is 0.444. The summed E-state index contributed by atoms with van der Waals surface area (Å²) in [4.78, 5) is 5.19.